The van der Waals surface area contributed by atoms with Gasteiger partial charge in [-0.2, -0.15) is 0 Å². The van der Waals surface area contributed by atoms with Crippen LogP contribution in [0.5, 0.6) is 0 Å². The van der Waals surface area contributed by atoms with Crippen molar-refractivity contribution in [2.45, 2.75) is 309 Å². The summed E-state index contributed by atoms with van der Waals surface area (Å²) < 4.78 is 23.5. The molecule has 0 rings (SSSR count). The average Bonchev–Trinajstić information content (AvgIpc) is 3.41. The van der Waals surface area contributed by atoms with E-state index in [1.807, 2.05) is 21.1 Å². The molecule has 0 heterocycles. The van der Waals surface area contributed by atoms with E-state index in [1.54, 1.807) is 0 Å². The summed E-state index contributed by atoms with van der Waals surface area (Å²) in [5.41, 5.74) is 0. The zero-order chi connectivity index (χ0) is 57.0. The molecule has 0 aromatic carbocycles. The van der Waals surface area contributed by atoms with E-state index in [1.165, 1.54) is 186 Å². The van der Waals surface area contributed by atoms with E-state index in [9.17, 15) is 19.4 Å². The van der Waals surface area contributed by atoms with Gasteiger partial charge in [0, 0.05) is 6.42 Å². The van der Waals surface area contributed by atoms with Crippen LogP contribution in [0.15, 0.2) is 85.1 Å². The van der Waals surface area contributed by atoms with Crippen molar-refractivity contribution in [1.82, 2.24) is 5.32 Å². The van der Waals surface area contributed by atoms with Crippen LogP contribution in [0.25, 0.3) is 0 Å². The van der Waals surface area contributed by atoms with Gasteiger partial charge in [-0.3, -0.25) is 9.36 Å². The van der Waals surface area contributed by atoms with Gasteiger partial charge in [0.1, 0.15) is 13.2 Å². The zero-order valence-corrected chi connectivity index (χ0v) is 52.7. The normalized spacial score (nSPS) is 14.3. The number of phosphoric ester groups is 1. The number of carbonyl (C=O) groups excluding carboxylic acids is 1. The highest BCUT2D eigenvalue weighted by Crippen LogP contribution is 2.38. The van der Waals surface area contributed by atoms with E-state index < -0.39 is 20.0 Å². The first-order chi connectivity index (χ1) is 38.0. The molecule has 0 aliphatic rings. The summed E-state index contributed by atoms with van der Waals surface area (Å²) in [6.45, 7) is 4.64. The average molecular weight is 1110 g/mol. The number of phosphoric acid groups is 1. The SMILES string of the molecule is CC/C=C\C/C=C\C/C=C\C/C=C\C/C=C\C/C=C\C/C=C\CCCCCCCCCCCCCCCC(=O)NC(COP(=O)([O-])OCC[N+](C)(C)C)C(O)CCCCCCCCCCCCCCCCCCCCCCC. The molecule has 0 spiro atoms. The van der Waals surface area contributed by atoms with Crippen LogP contribution in [0.2, 0.25) is 0 Å². The van der Waals surface area contributed by atoms with Gasteiger partial charge in [0.05, 0.1) is 39.9 Å². The minimum absolute atomic E-state index is 0.0100. The highest BCUT2D eigenvalue weighted by molar-refractivity contribution is 7.45. The summed E-state index contributed by atoms with van der Waals surface area (Å²) in [6, 6.07) is -0.806. The number of amides is 1. The highest BCUT2D eigenvalue weighted by atomic mass is 31.2. The molecule has 0 saturated carbocycles. The number of allylic oxidation sites excluding steroid dienone is 14. The molecule has 0 radical (unpaired) electrons. The number of quaternary nitrogens is 1. The standard InChI is InChI=1S/C69H127N2O6P/c1-6-8-10-12-14-16-18-20-22-24-26-28-29-30-31-32-33-34-35-36-37-38-39-40-41-43-45-47-49-51-53-55-57-59-61-63-69(73)70-67(66-77-78(74,75)76-65-64-71(3,4)5)68(72)62-60-58-56-54-52-50-48-46-44-42-27-25-23-21-19-17-15-13-11-9-7-2/h8,10,14,16,20,22,26,28,30-31,33-34,36-37,67-68,72H,6-7,9,11-13,15,17-19,21,23-25,27,29,32,35,38-66H2,1-5H3,(H-,70,73,74,75)/b10-8-,16-14-,22-20-,28-26-,31-30-,34-33-,37-36-. The maximum absolute atomic E-state index is 13.0. The van der Waals surface area contributed by atoms with Gasteiger partial charge in [-0.25, -0.2) is 0 Å². The number of aliphatic hydroxyl groups is 1. The number of likely N-dealkylation sites (N-methyl/N-ethyl adjacent to an activating group) is 1. The lowest BCUT2D eigenvalue weighted by Crippen LogP contribution is -2.46. The van der Waals surface area contributed by atoms with Crippen molar-refractivity contribution in [1.29, 1.82) is 0 Å². The third-order valence-electron chi connectivity index (χ3n) is 14.6. The van der Waals surface area contributed by atoms with Gasteiger partial charge in [-0.15, -0.1) is 0 Å². The zero-order valence-electron chi connectivity index (χ0n) is 51.9. The number of nitrogens with zero attached hydrogens (tertiary/aromatic N) is 1. The second kappa shape index (κ2) is 59.3. The minimum atomic E-state index is -4.58. The molecule has 454 valence electrons. The van der Waals surface area contributed by atoms with Gasteiger partial charge >= 0.3 is 0 Å². The topological polar surface area (TPSA) is 108 Å². The van der Waals surface area contributed by atoms with Crippen LogP contribution in [0.4, 0.5) is 0 Å². The Morgan fingerprint density at radius 1 is 0.462 bits per heavy atom. The number of hydrogen-bond donors (Lipinski definition) is 2. The van der Waals surface area contributed by atoms with Crippen molar-refractivity contribution in [2.24, 2.45) is 0 Å². The van der Waals surface area contributed by atoms with Gasteiger partial charge in [0.2, 0.25) is 5.91 Å². The van der Waals surface area contributed by atoms with E-state index in [0.717, 1.165) is 83.5 Å². The van der Waals surface area contributed by atoms with Crippen LogP contribution in [0, 0.1) is 0 Å². The van der Waals surface area contributed by atoms with Crippen LogP contribution in [-0.4, -0.2) is 68.5 Å². The summed E-state index contributed by atoms with van der Waals surface area (Å²) >= 11 is 0. The van der Waals surface area contributed by atoms with Crippen molar-refractivity contribution >= 4 is 13.7 Å². The largest absolute Gasteiger partial charge is 0.756 e. The third-order valence-corrected chi connectivity index (χ3v) is 15.6. The molecule has 0 aliphatic heterocycles. The summed E-state index contributed by atoms with van der Waals surface area (Å²) in [7, 11) is 1.31. The number of aliphatic hydroxyl groups excluding tert-OH is 1. The van der Waals surface area contributed by atoms with E-state index in [0.29, 0.717) is 23.9 Å². The van der Waals surface area contributed by atoms with Crippen molar-refractivity contribution in [2.75, 3.05) is 40.9 Å². The second-order valence-electron chi connectivity index (χ2n) is 23.4. The van der Waals surface area contributed by atoms with Crippen LogP contribution in [0.1, 0.15) is 296 Å². The molecule has 0 saturated heterocycles. The lowest BCUT2D eigenvalue weighted by molar-refractivity contribution is -0.870. The molecular weight excluding hydrogens is 984 g/mol. The Morgan fingerprint density at radius 3 is 1.14 bits per heavy atom. The molecule has 1 amide bonds. The van der Waals surface area contributed by atoms with Crippen molar-refractivity contribution in [3.63, 3.8) is 0 Å². The molecule has 0 fully saturated rings. The summed E-state index contributed by atoms with van der Waals surface area (Å²) in [6.07, 6.45) is 83.5. The molecular formula is C69H127N2O6P. The van der Waals surface area contributed by atoms with Crippen LogP contribution in [-0.2, 0) is 18.4 Å². The molecule has 0 bridgehead atoms. The van der Waals surface area contributed by atoms with Crippen LogP contribution >= 0.6 is 7.82 Å². The van der Waals surface area contributed by atoms with Gasteiger partial charge < -0.3 is 28.8 Å². The molecule has 9 heteroatoms. The van der Waals surface area contributed by atoms with Gasteiger partial charge in [0.25, 0.3) is 7.82 Å². The quantitative estimate of drug-likeness (QED) is 0.0272. The maximum atomic E-state index is 13.0. The van der Waals surface area contributed by atoms with E-state index in [2.05, 4.69) is 104 Å². The van der Waals surface area contributed by atoms with Gasteiger partial charge in [0.15, 0.2) is 0 Å². The highest BCUT2D eigenvalue weighted by Gasteiger charge is 2.24. The Kier molecular flexibility index (Phi) is 57.5. The molecule has 0 aromatic heterocycles. The molecule has 3 unspecified atom stereocenters. The number of unbranched alkanes of at least 4 members (excludes halogenated alkanes) is 33. The van der Waals surface area contributed by atoms with Gasteiger partial charge in [-0.1, -0.05) is 304 Å². The number of rotatable bonds is 60. The molecule has 78 heavy (non-hydrogen) atoms. The monoisotopic (exact) mass is 1110 g/mol. The Hall–Kier alpha value is -2.32. The van der Waals surface area contributed by atoms with Crippen LogP contribution in [0.3, 0.4) is 0 Å². The first-order valence-corrected chi connectivity index (χ1v) is 34.4. The Morgan fingerprint density at radius 2 is 0.782 bits per heavy atom. The number of carbonyl (C=O) groups is 1. The maximum Gasteiger partial charge on any atom is 0.268 e. The number of nitrogens with one attached hydrogen (secondary N) is 1. The lowest BCUT2D eigenvalue weighted by Gasteiger charge is -2.30. The van der Waals surface area contributed by atoms with Crippen molar-refractivity contribution in [3.05, 3.63) is 85.1 Å². The summed E-state index contributed by atoms with van der Waals surface area (Å²) in [5.74, 6) is -0.165. The molecule has 3 atom stereocenters. The second-order valence-corrected chi connectivity index (χ2v) is 24.9. The lowest BCUT2D eigenvalue weighted by atomic mass is 10.0. The molecule has 2 N–H and O–H groups in total. The molecule has 0 aromatic rings. The van der Waals surface area contributed by atoms with E-state index >= 15 is 0 Å². The minimum Gasteiger partial charge on any atom is -0.756 e. The number of hydrogen-bond acceptors (Lipinski definition) is 6. The predicted molar refractivity (Wildman–Crippen MR) is 339 cm³/mol. The van der Waals surface area contributed by atoms with Crippen molar-refractivity contribution < 1.29 is 32.9 Å². The summed E-state index contributed by atoms with van der Waals surface area (Å²) in [4.78, 5) is 25.6. The van der Waals surface area contributed by atoms with Gasteiger partial charge in [-0.05, 0) is 70.6 Å². The predicted octanol–water partition coefficient (Wildman–Crippen LogP) is 20.1. The third kappa shape index (κ3) is 61.3. The smallest absolute Gasteiger partial charge is 0.268 e. The molecule has 0 aliphatic carbocycles. The fraction of sp³-hybridized carbons (Fsp3) is 0.783. The Bertz CT molecular complexity index is 1550. The van der Waals surface area contributed by atoms with Crippen LogP contribution < -0.4 is 10.2 Å². The summed E-state index contributed by atoms with van der Waals surface area (Å²) in [5, 5.41) is 14.1. The first-order valence-electron chi connectivity index (χ1n) is 32.9. The fourth-order valence-electron chi connectivity index (χ4n) is 9.55. The first kappa shape index (κ1) is 75.7. The molecule has 8 nitrogen and oxygen atoms in total. The van der Waals surface area contributed by atoms with E-state index in [-0.39, 0.29) is 19.1 Å². The Labute approximate surface area is 484 Å². The van der Waals surface area contributed by atoms with E-state index in [4.69, 9.17) is 9.05 Å². The Balaban J connectivity index is 4.07. The fourth-order valence-corrected chi connectivity index (χ4v) is 10.3. The van der Waals surface area contributed by atoms with Crippen molar-refractivity contribution in [3.8, 4) is 0 Å².